The molecule has 1 unspecified atom stereocenters. The van der Waals surface area contributed by atoms with Crippen LogP contribution in [0.4, 0.5) is 0 Å². The topological polar surface area (TPSA) is 60.4 Å². The molecule has 0 N–H and O–H groups in total. The van der Waals surface area contributed by atoms with Crippen molar-refractivity contribution < 1.29 is 13.0 Å². The first-order chi connectivity index (χ1) is 6.04. The molecule has 0 aromatic rings. The first kappa shape index (κ1) is 9.43. The van der Waals surface area contributed by atoms with E-state index in [0.717, 1.165) is 32.5 Å². The van der Waals surface area contributed by atoms with Gasteiger partial charge in [-0.05, 0) is 37.8 Å². The van der Waals surface area contributed by atoms with E-state index in [0.29, 0.717) is 5.92 Å². The van der Waals surface area contributed by atoms with Crippen molar-refractivity contribution in [1.29, 1.82) is 0 Å². The summed E-state index contributed by atoms with van der Waals surface area (Å²) in [7, 11) is -4.02. The standard InChI is InChI=1S/C8H15NO3S/c10-13(11,12)6-8-5-9-3-1-7(8)2-4-9/h7-8H,1-6H2,(H,10,11,12)/p-1. The zero-order valence-corrected chi connectivity index (χ0v) is 8.29. The summed E-state index contributed by atoms with van der Waals surface area (Å²) in [5.74, 6) is 0.424. The van der Waals surface area contributed by atoms with Crippen LogP contribution in [0.2, 0.25) is 0 Å². The molecule has 3 saturated heterocycles. The first-order valence-electron chi connectivity index (χ1n) is 4.70. The van der Waals surface area contributed by atoms with Gasteiger partial charge < -0.3 is 9.45 Å². The van der Waals surface area contributed by atoms with Gasteiger partial charge in [0, 0.05) is 12.3 Å². The molecule has 3 rings (SSSR count). The second-order valence-corrected chi connectivity index (χ2v) is 5.57. The van der Waals surface area contributed by atoms with Gasteiger partial charge in [-0.15, -0.1) is 0 Å². The van der Waals surface area contributed by atoms with Crippen LogP contribution in [0.5, 0.6) is 0 Å². The lowest BCUT2D eigenvalue weighted by Crippen LogP contribution is -2.49. The minimum atomic E-state index is -4.02. The van der Waals surface area contributed by atoms with Crippen LogP contribution in [0.1, 0.15) is 12.8 Å². The van der Waals surface area contributed by atoms with Crippen molar-refractivity contribution in [2.24, 2.45) is 11.8 Å². The summed E-state index contributed by atoms with van der Waals surface area (Å²) in [5.41, 5.74) is 0. The van der Waals surface area contributed by atoms with Gasteiger partial charge in [-0.3, -0.25) is 0 Å². The number of nitrogens with zero attached hydrogens (tertiary/aromatic N) is 1. The Labute approximate surface area is 78.7 Å². The van der Waals surface area contributed by atoms with Crippen LogP contribution in [0.3, 0.4) is 0 Å². The van der Waals surface area contributed by atoms with E-state index in [1.807, 2.05) is 0 Å². The normalized spacial score (nSPS) is 39.3. The molecular formula is C8H14NO3S-. The van der Waals surface area contributed by atoms with Crippen molar-refractivity contribution in [2.45, 2.75) is 12.8 Å². The van der Waals surface area contributed by atoms with E-state index in [2.05, 4.69) is 4.90 Å². The maximum absolute atomic E-state index is 10.6. The molecular weight excluding hydrogens is 190 g/mol. The highest BCUT2D eigenvalue weighted by Crippen LogP contribution is 2.32. The third-order valence-corrected chi connectivity index (χ3v) is 4.05. The number of hydrogen-bond acceptors (Lipinski definition) is 4. The molecule has 3 fully saturated rings. The average Bonchev–Trinajstić information content (AvgIpc) is 2.03. The van der Waals surface area contributed by atoms with Gasteiger partial charge in [0.05, 0.1) is 10.1 Å². The van der Waals surface area contributed by atoms with Crippen LogP contribution in [0.15, 0.2) is 0 Å². The van der Waals surface area contributed by atoms with Gasteiger partial charge in [0.2, 0.25) is 0 Å². The second kappa shape index (κ2) is 3.22. The maximum atomic E-state index is 10.6. The highest BCUT2D eigenvalue weighted by atomic mass is 32.2. The van der Waals surface area contributed by atoms with Crippen molar-refractivity contribution in [2.75, 3.05) is 25.4 Å². The zero-order chi connectivity index (χ0) is 9.47. The summed E-state index contributed by atoms with van der Waals surface area (Å²) in [6, 6.07) is 0. The van der Waals surface area contributed by atoms with Gasteiger partial charge in [-0.1, -0.05) is 0 Å². The van der Waals surface area contributed by atoms with Crippen LogP contribution >= 0.6 is 0 Å². The summed E-state index contributed by atoms with van der Waals surface area (Å²) >= 11 is 0. The highest BCUT2D eigenvalue weighted by molar-refractivity contribution is 7.85. The molecule has 13 heavy (non-hydrogen) atoms. The molecule has 0 amide bonds. The van der Waals surface area contributed by atoms with Gasteiger partial charge in [0.1, 0.15) is 0 Å². The molecule has 76 valence electrons. The Morgan fingerprint density at radius 2 is 1.92 bits per heavy atom. The molecule has 0 radical (unpaired) electrons. The van der Waals surface area contributed by atoms with Crippen molar-refractivity contribution in [1.82, 2.24) is 4.90 Å². The summed E-state index contributed by atoms with van der Waals surface area (Å²) in [4.78, 5) is 2.26. The van der Waals surface area contributed by atoms with E-state index in [1.165, 1.54) is 0 Å². The molecule has 1 atom stereocenters. The van der Waals surface area contributed by atoms with E-state index >= 15 is 0 Å². The molecule has 0 aromatic carbocycles. The van der Waals surface area contributed by atoms with Crippen LogP contribution in [-0.4, -0.2) is 43.3 Å². The van der Waals surface area contributed by atoms with Crippen LogP contribution < -0.4 is 0 Å². The first-order valence-corrected chi connectivity index (χ1v) is 6.28. The van der Waals surface area contributed by atoms with Gasteiger partial charge in [-0.25, -0.2) is 8.42 Å². The molecule has 0 aromatic heterocycles. The van der Waals surface area contributed by atoms with E-state index < -0.39 is 10.1 Å². The predicted octanol–water partition coefficient (Wildman–Crippen LogP) is -0.127. The molecule has 3 heterocycles. The van der Waals surface area contributed by atoms with Crippen molar-refractivity contribution >= 4 is 10.1 Å². The monoisotopic (exact) mass is 204 g/mol. The SMILES string of the molecule is O=S(=O)([O-])CC1CN2CCC1CC2. The minimum Gasteiger partial charge on any atom is -0.748 e. The fraction of sp³-hybridized carbons (Fsp3) is 1.00. The lowest BCUT2D eigenvalue weighted by Gasteiger charge is -2.45. The number of rotatable bonds is 2. The number of fused-ring (bicyclic) bond motifs is 3. The molecule has 4 nitrogen and oxygen atoms in total. The Morgan fingerprint density at radius 3 is 2.31 bits per heavy atom. The summed E-state index contributed by atoms with van der Waals surface area (Å²) < 4.78 is 31.8. The van der Waals surface area contributed by atoms with E-state index in [-0.39, 0.29) is 11.7 Å². The van der Waals surface area contributed by atoms with Gasteiger partial charge >= 0.3 is 0 Å². The van der Waals surface area contributed by atoms with Gasteiger partial charge in [0.15, 0.2) is 0 Å². The Balaban J connectivity index is 2.01. The molecule has 0 aliphatic carbocycles. The third kappa shape index (κ3) is 2.21. The van der Waals surface area contributed by atoms with Gasteiger partial charge in [0.25, 0.3) is 0 Å². The largest absolute Gasteiger partial charge is 0.748 e. The predicted molar refractivity (Wildman–Crippen MR) is 47.2 cm³/mol. The van der Waals surface area contributed by atoms with Crippen molar-refractivity contribution in [3.8, 4) is 0 Å². The molecule has 5 heteroatoms. The summed E-state index contributed by atoms with van der Waals surface area (Å²) in [6.45, 7) is 2.98. The van der Waals surface area contributed by atoms with Crippen LogP contribution in [0, 0.1) is 11.8 Å². The summed E-state index contributed by atoms with van der Waals surface area (Å²) in [5, 5.41) is 0. The molecule has 3 aliphatic heterocycles. The van der Waals surface area contributed by atoms with E-state index in [4.69, 9.17) is 0 Å². The fourth-order valence-corrected chi connectivity index (χ4v) is 3.44. The highest BCUT2D eigenvalue weighted by Gasteiger charge is 2.34. The summed E-state index contributed by atoms with van der Waals surface area (Å²) in [6.07, 6.45) is 2.14. The molecule has 2 bridgehead atoms. The van der Waals surface area contributed by atoms with Gasteiger partial charge in [-0.2, -0.15) is 0 Å². The molecule has 0 saturated carbocycles. The Morgan fingerprint density at radius 1 is 1.31 bits per heavy atom. The quantitative estimate of drug-likeness (QED) is 0.588. The Bertz CT molecular complexity index is 280. The maximum Gasteiger partial charge on any atom is 0.0949 e. The minimum absolute atomic E-state index is 0.102. The Hall–Kier alpha value is -0.130. The van der Waals surface area contributed by atoms with Crippen molar-refractivity contribution in [3.63, 3.8) is 0 Å². The zero-order valence-electron chi connectivity index (χ0n) is 7.48. The fourth-order valence-electron chi connectivity index (χ4n) is 2.54. The van der Waals surface area contributed by atoms with Crippen LogP contribution in [-0.2, 0) is 10.1 Å². The van der Waals surface area contributed by atoms with E-state index in [9.17, 15) is 13.0 Å². The molecule has 3 aliphatic rings. The molecule has 0 spiro atoms. The van der Waals surface area contributed by atoms with E-state index in [1.54, 1.807) is 0 Å². The van der Waals surface area contributed by atoms with Crippen molar-refractivity contribution in [3.05, 3.63) is 0 Å². The lowest BCUT2D eigenvalue weighted by molar-refractivity contribution is 0.0610. The lowest BCUT2D eigenvalue weighted by atomic mass is 9.80. The average molecular weight is 204 g/mol. The third-order valence-electron chi connectivity index (χ3n) is 3.21. The Kier molecular flexibility index (Phi) is 2.33. The number of piperidine rings is 3. The van der Waals surface area contributed by atoms with Crippen LogP contribution in [0.25, 0.3) is 0 Å². The smallest absolute Gasteiger partial charge is 0.0949 e. The number of hydrogen-bond donors (Lipinski definition) is 0. The second-order valence-electron chi connectivity index (χ2n) is 4.12.